The van der Waals surface area contributed by atoms with Crippen LogP contribution in [-0.4, -0.2) is 38.9 Å². The van der Waals surface area contributed by atoms with Crippen LogP contribution in [0.2, 0.25) is 15.1 Å². The van der Waals surface area contributed by atoms with Crippen molar-refractivity contribution in [3.63, 3.8) is 0 Å². The molecule has 0 unspecified atom stereocenters. The molecule has 8 heteroatoms. The smallest absolute Gasteiger partial charge is 0.244 e. The molecule has 0 aromatic heterocycles. The fourth-order valence-electron chi connectivity index (χ4n) is 2.95. The van der Waals surface area contributed by atoms with E-state index in [2.05, 4.69) is 36.9 Å². The molecule has 1 saturated heterocycles. The lowest BCUT2D eigenvalue weighted by Gasteiger charge is -2.35. The first-order chi connectivity index (χ1) is 12.2. The number of aryl methyl sites for hydroxylation is 2. The highest BCUT2D eigenvalue weighted by molar-refractivity contribution is 7.89. The molecule has 1 aliphatic heterocycles. The van der Waals surface area contributed by atoms with Crippen LogP contribution in [0.4, 0.5) is 5.69 Å². The zero-order valence-corrected chi connectivity index (χ0v) is 17.6. The van der Waals surface area contributed by atoms with Crippen LogP contribution in [0.1, 0.15) is 11.1 Å². The summed E-state index contributed by atoms with van der Waals surface area (Å²) in [7, 11) is -3.72. The normalized spacial score (nSPS) is 16.1. The molecule has 1 heterocycles. The summed E-state index contributed by atoms with van der Waals surface area (Å²) in [5, 5.41) is 0.481. The molecule has 1 aliphatic rings. The fraction of sp³-hybridized carbons (Fsp3) is 0.333. The second-order valence-corrected chi connectivity index (χ2v) is 9.48. The van der Waals surface area contributed by atoms with Gasteiger partial charge in [0.15, 0.2) is 0 Å². The molecule has 2 aromatic carbocycles. The van der Waals surface area contributed by atoms with E-state index in [-0.39, 0.29) is 20.0 Å². The van der Waals surface area contributed by atoms with E-state index in [0.29, 0.717) is 26.2 Å². The van der Waals surface area contributed by atoms with Gasteiger partial charge in [0.25, 0.3) is 0 Å². The standard InChI is InChI=1S/C18H19Cl3N2O2S/c1-12-3-4-14(9-13(12)2)22-5-7-23(8-6-22)26(24,25)18-11-16(20)15(19)10-17(18)21/h3-4,9-11H,5-8H2,1-2H3. The molecular weight excluding hydrogens is 415 g/mol. The van der Waals surface area contributed by atoms with E-state index in [1.165, 1.54) is 27.6 Å². The Hall–Kier alpha value is -0.980. The molecule has 3 rings (SSSR count). The number of anilines is 1. The third-order valence-corrected chi connectivity index (χ3v) is 7.77. The number of hydrogen-bond acceptors (Lipinski definition) is 3. The molecule has 140 valence electrons. The first-order valence-electron chi connectivity index (χ1n) is 8.17. The van der Waals surface area contributed by atoms with Crippen molar-refractivity contribution in [3.8, 4) is 0 Å². The van der Waals surface area contributed by atoms with Crippen molar-refractivity contribution in [2.75, 3.05) is 31.1 Å². The predicted octanol–water partition coefficient (Wildman–Crippen LogP) is 4.77. The maximum atomic E-state index is 12.9. The molecule has 0 saturated carbocycles. The monoisotopic (exact) mass is 432 g/mol. The second-order valence-electron chi connectivity index (χ2n) is 6.36. The largest absolute Gasteiger partial charge is 0.369 e. The first kappa shape index (κ1) is 19.8. The lowest BCUT2D eigenvalue weighted by molar-refractivity contribution is 0.385. The van der Waals surface area contributed by atoms with Gasteiger partial charge in [-0.15, -0.1) is 0 Å². The van der Waals surface area contributed by atoms with E-state index < -0.39 is 10.0 Å². The number of hydrogen-bond donors (Lipinski definition) is 0. The number of halogens is 3. The van der Waals surface area contributed by atoms with Crippen LogP contribution in [0.5, 0.6) is 0 Å². The summed E-state index contributed by atoms with van der Waals surface area (Å²) in [5.74, 6) is 0. The van der Waals surface area contributed by atoms with Crippen molar-refractivity contribution >= 4 is 50.5 Å². The molecule has 1 fully saturated rings. The molecule has 0 aliphatic carbocycles. The average molecular weight is 434 g/mol. The molecule has 0 radical (unpaired) electrons. The minimum atomic E-state index is -3.72. The van der Waals surface area contributed by atoms with Crippen molar-refractivity contribution < 1.29 is 8.42 Å². The van der Waals surface area contributed by atoms with Gasteiger partial charge < -0.3 is 4.90 Å². The van der Waals surface area contributed by atoms with E-state index in [1.807, 2.05) is 0 Å². The third-order valence-electron chi connectivity index (χ3n) is 4.69. The van der Waals surface area contributed by atoms with Gasteiger partial charge in [-0.2, -0.15) is 4.31 Å². The zero-order valence-electron chi connectivity index (χ0n) is 14.5. The van der Waals surface area contributed by atoms with Crippen molar-refractivity contribution in [1.82, 2.24) is 4.31 Å². The van der Waals surface area contributed by atoms with Crippen LogP contribution in [0.15, 0.2) is 35.2 Å². The van der Waals surface area contributed by atoms with Gasteiger partial charge in [0.1, 0.15) is 4.90 Å². The maximum absolute atomic E-state index is 12.9. The van der Waals surface area contributed by atoms with Gasteiger partial charge in [0.05, 0.1) is 15.1 Å². The number of benzene rings is 2. The van der Waals surface area contributed by atoms with Gasteiger partial charge in [0, 0.05) is 31.9 Å². The van der Waals surface area contributed by atoms with Gasteiger partial charge in [-0.3, -0.25) is 0 Å². The van der Waals surface area contributed by atoms with Gasteiger partial charge in [0.2, 0.25) is 10.0 Å². The summed E-state index contributed by atoms with van der Waals surface area (Å²) in [5.41, 5.74) is 3.57. The Balaban J connectivity index is 1.78. The molecule has 0 spiro atoms. The van der Waals surface area contributed by atoms with E-state index >= 15 is 0 Å². The van der Waals surface area contributed by atoms with Crippen LogP contribution >= 0.6 is 34.8 Å². The van der Waals surface area contributed by atoms with E-state index in [4.69, 9.17) is 34.8 Å². The van der Waals surface area contributed by atoms with Gasteiger partial charge in [-0.25, -0.2) is 8.42 Å². The lowest BCUT2D eigenvalue weighted by Crippen LogP contribution is -2.48. The van der Waals surface area contributed by atoms with Crippen molar-refractivity contribution in [2.45, 2.75) is 18.7 Å². The second kappa shape index (κ2) is 7.56. The van der Waals surface area contributed by atoms with E-state index in [1.54, 1.807) is 0 Å². The Morgan fingerprint density at radius 2 is 1.42 bits per heavy atom. The molecule has 0 N–H and O–H groups in total. The summed E-state index contributed by atoms with van der Waals surface area (Å²) in [6.45, 7) is 6.13. The highest BCUT2D eigenvalue weighted by atomic mass is 35.5. The molecule has 2 aromatic rings. The van der Waals surface area contributed by atoms with Crippen LogP contribution in [0.3, 0.4) is 0 Å². The molecule has 26 heavy (non-hydrogen) atoms. The highest BCUT2D eigenvalue weighted by Gasteiger charge is 2.31. The predicted molar refractivity (Wildman–Crippen MR) is 108 cm³/mol. The van der Waals surface area contributed by atoms with Crippen molar-refractivity contribution in [1.29, 1.82) is 0 Å². The SMILES string of the molecule is Cc1ccc(N2CCN(S(=O)(=O)c3cc(Cl)c(Cl)cc3Cl)CC2)cc1C. The Labute approximate surface area is 169 Å². The van der Waals surface area contributed by atoms with Crippen LogP contribution in [0.25, 0.3) is 0 Å². The average Bonchev–Trinajstić information content (AvgIpc) is 2.60. The maximum Gasteiger partial charge on any atom is 0.244 e. The molecule has 0 bridgehead atoms. The van der Waals surface area contributed by atoms with Crippen LogP contribution in [0, 0.1) is 13.8 Å². The number of rotatable bonds is 3. The van der Waals surface area contributed by atoms with Crippen LogP contribution in [-0.2, 0) is 10.0 Å². The topological polar surface area (TPSA) is 40.6 Å². The lowest BCUT2D eigenvalue weighted by atomic mass is 10.1. The Morgan fingerprint density at radius 3 is 2.04 bits per heavy atom. The molecule has 4 nitrogen and oxygen atoms in total. The number of sulfonamides is 1. The molecule has 0 atom stereocenters. The summed E-state index contributed by atoms with van der Waals surface area (Å²) in [6.07, 6.45) is 0. The minimum Gasteiger partial charge on any atom is -0.369 e. The van der Waals surface area contributed by atoms with Gasteiger partial charge in [-0.1, -0.05) is 40.9 Å². The fourth-order valence-corrected chi connectivity index (χ4v) is 5.35. The first-order valence-corrected chi connectivity index (χ1v) is 10.7. The summed E-state index contributed by atoms with van der Waals surface area (Å²) < 4.78 is 27.3. The minimum absolute atomic E-state index is 0.00630. The number of piperazine rings is 1. The van der Waals surface area contributed by atoms with Gasteiger partial charge in [-0.05, 0) is 49.2 Å². The molecular formula is C18H19Cl3N2O2S. The zero-order chi connectivity index (χ0) is 19.1. The van der Waals surface area contributed by atoms with Crippen LogP contribution < -0.4 is 4.90 Å². The Morgan fingerprint density at radius 1 is 0.808 bits per heavy atom. The summed E-state index contributed by atoms with van der Waals surface area (Å²) in [6, 6.07) is 8.97. The summed E-state index contributed by atoms with van der Waals surface area (Å²) >= 11 is 18.0. The number of nitrogens with zero attached hydrogens (tertiary/aromatic N) is 2. The molecule has 0 amide bonds. The third kappa shape index (κ3) is 3.82. The van der Waals surface area contributed by atoms with E-state index in [9.17, 15) is 8.42 Å². The highest BCUT2D eigenvalue weighted by Crippen LogP contribution is 2.33. The summed E-state index contributed by atoms with van der Waals surface area (Å²) in [4.78, 5) is 2.18. The quantitative estimate of drug-likeness (QED) is 0.654. The van der Waals surface area contributed by atoms with E-state index in [0.717, 1.165) is 5.69 Å². The van der Waals surface area contributed by atoms with Crippen molar-refractivity contribution in [3.05, 3.63) is 56.5 Å². The van der Waals surface area contributed by atoms with Gasteiger partial charge >= 0.3 is 0 Å². The van der Waals surface area contributed by atoms with Crippen molar-refractivity contribution in [2.24, 2.45) is 0 Å². The Kier molecular flexibility index (Phi) is 5.75. The Bertz CT molecular complexity index is 940.